The summed E-state index contributed by atoms with van der Waals surface area (Å²) in [6, 6.07) is 18.5. The molecule has 7 rings (SSSR count). The Morgan fingerprint density at radius 1 is 0.872 bits per heavy atom. The van der Waals surface area contributed by atoms with Gasteiger partial charge in [-0.3, -0.25) is 24.1 Å². The monoisotopic (exact) mass is 636 g/mol. The molecule has 3 fully saturated rings. The normalized spacial score (nSPS) is 28.1. The number of hydrogen-bond donors (Lipinski definition) is 2. The summed E-state index contributed by atoms with van der Waals surface area (Å²) in [5, 5.41) is 21.2. The van der Waals surface area contributed by atoms with Crippen LogP contribution in [0.5, 0.6) is 23.0 Å². The average Bonchev–Trinajstić information content (AvgIpc) is 3.43. The highest BCUT2D eigenvalue weighted by molar-refractivity contribution is 6.24. The first-order valence-electron chi connectivity index (χ1n) is 15.8. The Bertz CT molecular complexity index is 1820. The van der Waals surface area contributed by atoms with Crippen molar-refractivity contribution in [2.75, 3.05) is 25.7 Å². The number of ether oxygens (including phenoxy) is 2. The molecule has 0 unspecified atom stereocenters. The molecule has 2 saturated heterocycles. The van der Waals surface area contributed by atoms with Gasteiger partial charge in [-0.05, 0) is 61.9 Å². The number of carbonyl (C=O) groups is 4. The standard InChI is InChI=1S/C37H36N2O8/c1-37-27(34(43)39(36(37)45)21-7-5-4-6-8-21)19-26-24(32(37)31-28(41)17-23(46-2)18-29(31)47-3)13-14-25-30(26)35(44)38(33(25)42)16-15-20-9-11-22(40)12-10-20/h4-13,17-18,25-27,30,32,40-41H,14-16,19H2,1-3H3/t25-,26+,27-,30-,32+,37+/m0/s1. The number of phenolic OH excluding ortho intramolecular Hbond substituents is 2. The minimum atomic E-state index is -1.33. The van der Waals surface area contributed by atoms with Crippen LogP contribution in [0.25, 0.3) is 0 Å². The molecule has 1 saturated carbocycles. The molecule has 0 radical (unpaired) electrons. The van der Waals surface area contributed by atoms with Gasteiger partial charge in [0.2, 0.25) is 23.6 Å². The van der Waals surface area contributed by atoms with Crippen LogP contribution in [0.2, 0.25) is 0 Å². The highest BCUT2D eigenvalue weighted by Crippen LogP contribution is 2.65. The summed E-state index contributed by atoms with van der Waals surface area (Å²) >= 11 is 0. The maximum absolute atomic E-state index is 14.6. The summed E-state index contributed by atoms with van der Waals surface area (Å²) in [6.45, 7) is 1.96. The van der Waals surface area contributed by atoms with Crippen LogP contribution < -0.4 is 14.4 Å². The minimum Gasteiger partial charge on any atom is -0.508 e. The van der Waals surface area contributed by atoms with Gasteiger partial charge in [-0.1, -0.05) is 42.0 Å². The van der Waals surface area contributed by atoms with Crippen molar-refractivity contribution >= 4 is 29.3 Å². The maximum atomic E-state index is 14.6. The second-order valence-electron chi connectivity index (χ2n) is 13.0. The van der Waals surface area contributed by atoms with Crippen LogP contribution >= 0.6 is 0 Å². The van der Waals surface area contributed by atoms with Gasteiger partial charge >= 0.3 is 0 Å². The number of nitrogens with zero attached hydrogens (tertiary/aromatic N) is 2. The molecule has 2 aliphatic carbocycles. The lowest BCUT2D eigenvalue weighted by molar-refractivity contribution is -0.140. The van der Waals surface area contributed by atoms with Crippen molar-refractivity contribution < 1.29 is 38.9 Å². The van der Waals surface area contributed by atoms with Crippen molar-refractivity contribution in [3.8, 4) is 23.0 Å². The molecule has 0 aromatic heterocycles. The van der Waals surface area contributed by atoms with Gasteiger partial charge in [-0.2, -0.15) is 0 Å². The number of amides is 4. The summed E-state index contributed by atoms with van der Waals surface area (Å²) in [5.41, 5.74) is 1.09. The van der Waals surface area contributed by atoms with Crippen molar-refractivity contribution in [1.82, 2.24) is 4.90 Å². The van der Waals surface area contributed by atoms with Crippen LogP contribution in [0.3, 0.4) is 0 Å². The van der Waals surface area contributed by atoms with Gasteiger partial charge in [0, 0.05) is 30.2 Å². The smallest absolute Gasteiger partial charge is 0.241 e. The molecule has 6 atom stereocenters. The zero-order chi connectivity index (χ0) is 33.2. The van der Waals surface area contributed by atoms with Gasteiger partial charge < -0.3 is 19.7 Å². The summed E-state index contributed by atoms with van der Waals surface area (Å²) in [4.78, 5) is 59.4. The molecule has 2 N–H and O–H groups in total. The Morgan fingerprint density at radius 2 is 1.60 bits per heavy atom. The number of anilines is 1. The number of rotatable bonds is 7. The van der Waals surface area contributed by atoms with E-state index in [1.807, 2.05) is 12.1 Å². The number of imide groups is 2. The second kappa shape index (κ2) is 11.3. The maximum Gasteiger partial charge on any atom is 0.241 e. The van der Waals surface area contributed by atoms with Crippen molar-refractivity contribution in [1.29, 1.82) is 0 Å². The number of aromatic hydroxyl groups is 2. The molecule has 2 heterocycles. The summed E-state index contributed by atoms with van der Waals surface area (Å²) in [5.74, 6) is -4.17. The Labute approximate surface area is 272 Å². The summed E-state index contributed by atoms with van der Waals surface area (Å²) < 4.78 is 11.2. The molecule has 10 nitrogen and oxygen atoms in total. The first-order valence-corrected chi connectivity index (χ1v) is 15.8. The van der Waals surface area contributed by atoms with E-state index in [0.717, 1.165) is 11.1 Å². The molecule has 4 amide bonds. The van der Waals surface area contributed by atoms with E-state index < -0.39 is 40.9 Å². The molecule has 0 bridgehead atoms. The second-order valence-corrected chi connectivity index (χ2v) is 13.0. The fourth-order valence-electron chi connectivity index (χ4n) is 8.50. The van der Waals surface area contributed by atoms with Crippen LogP contribution in [0.1, 0.15) is 36.8 Å². The molecular weight excluding hydrogens is 600 g/mol. The molecule has 10 heteroatoms. The number of likely N-dealkylation sites (tertiary alicyclic amines) is 1. The van der Waals surface area contributed by atoms with Crippen LogP contribution in [-0.4, -0.2) is 59.5 Å². The number of benzene rings is 3. The van der Waals surface area contributed by atoms with Crippen molar-refractivity contribution in [3.05, 3.63) is 89.5 Å². The Morgan fingerprint density at radius 3 is 2.28 bits per heavy atom. The fraction of sp³-hybridized carbons (Fsp3) is 0.351. The SMILES string of the molecule is COc1cc(O)c([C@H]2C3=CC[C@@H]4C(=O)N(CCc5ccc(O)cc5)C(=O)[C@@H]4[C@@H]3C[C@H]3C(=O)N(c4ccccc4)C(=O)[C@@]23C)c(OC)c1. The molecule has 242 valence electrons. The Balaban J connectivity index is 1.33. The van der Waals surface area contributed by atoms with Crippen molar-refractivity contribution in [2.45, 2.75) is 32.1 Å². The van der Waals surface area contributed by atoms with E-state index in [0.29, 0.717) is 29.2 Å². The molecule has 47 heavy (non-hydrogen) atoms. The number of para-hydroxylation sites is 1. The quantitative estimate of drug-likeness (QED) is 0.284. The number of carbonyl (C=O) groups excluding carboxylic acids is 4. The first-order chi connectivity index (χ1) is 22.6. The number of fused-ring (bicyclic) bond motifs is 4. The molecule has 2 aliphatic heterocycles. The Hall–Kier alpha value is -5.12. The average molecular weight is 637 g/mol. The summed E-state index contributed by atoms with van der Waals surface area (Å²) in [7, 11) is 2.94. The highest BCUT2D eigenvalue weighted by Gasteiger charge is 2.68. The van der Waals surface area contributed by atoms with Gasteiger partial charge in [0.25, 0.3) is 0 Å². The lowest BCUT2D eigenvalue weighted by Crippen LogP contribution is -2.49. The third kappa shape index (κ3) is 4.52. The lowest BCUT2D eigenvalue weighted by atomic mass is 9.51. The predicted octanol–water partition coefficient (Wildman–Crippen LogP) is 4.59. The molecular formula is C37H36N2O8. The number of phenols is 2. The third-order valence-corrected chi connectivity index (χ3v) is 10.8. The number of hydrogen-bond acceptors (Lipinski definition) is 8. The zero-order valence-electron chi connectivity index (χ0n) is 26.4. The molecule has 4 aliphatic rings. The van der Waals surface area contributed by atoms with E-state index in [9.17, 15) is 29.4 Å². The topological polar surface area (TPSA) is 134 Å². The number of methoxy groups -OCH3 is 2. The fourth-order valence-corrected chi connectivity index (χ4v) is 8.50. The van der Waals surface area contributed by atoms with Gasteiger partial charge in [0.15, 0.2) is 0 Å². The van der Waals surface area contributed by atoms with Gasteiger partial charge in [-0.25, -0.2) is 4.90 Å². The van der Waals surface area contributed by atoms with Crippen LogP contribution in [0, 0.1) is 29.1 Å². The van der Waals surface area contributed by atoms with E-state index in [1.165, 1.54) is 30.1 Å². The largest absolute Gasteiger partial charge is 0.508 e. The summed E-state index contributed by atoms with van der Waals surface area (Å²) in [6.07, 6.45) is 2.87. The van der Waals surface area contributed by atoms with Crippen LogP contribution in [-0.2, 0) is 25.6 Å². The van der Waals surface area contributed by atoms with Crippen LogP contribution in [0.15, 0.2) is 78.4 Å². The molecule has 3 aromatic carbocycles. The van der Waals surface area contributed by atoms with E-state index in [2.05, 4.69) is 0 Å². The van der Waals surface area contributed by atoms with Gasteiger partial charge in [-0.15, -0.1) is 0 Å². The van der Waals surface area contributed by atoms with E-state index in [4.69, 9.17) is 9.47 Å². The van der Waals surface area contributed by atoms with E-state index in [-0.39, 0.29) is 48.6 Å². The predicted molar refractivity (Wildman–Crippen MR) is 171 cm³/mol. The van der Waals surface area contributed by atoms with Crippen molar-refractivity contribution in [3.63, 3.8) is 0 Å². The molecule has 0 spiro atoms. The van der Waals surface area contributed by atoms with Crippen LogP contribution in [0.4, 0.5) is 5.69 Å². The minimum absolute atomic E-state index is 0.135. The first kappa shape index (κ1) is 30.5. The van der Waals surface area contributed by atoms with E-state index in [1.54, 1.807) is 61.5 Å². The Kier molecular flexibility index (Phi) is 7.33. The van der Waals surface area contributed by atoms with Crippen molar-refractivity contribution in [2.24, 2.45) is 29.1 Å². The lowest BCUT2D eigenvalue weighted by Gasteiger charge is -2.49. The number of allylic oxidation sites excluding steroid dienone is 2. The van der Waals surface area contributed by atoms with Gasteiger partial charge in [0.1, 0.15) is 23.0 Å². The zero-order valence-corrected chi connectivity index (χ0v) is 26.4. The third-order valence-electron chi connectivity index (χ3n) is 10.8. The molecule has 3 aromatic rings. The highest BCUT2D eigenvalue weighted by atomic mass is 16.5. The van der Waals surface area contributed by atoms with E-state index >= 15 is 0 Å². The van der Waals surface area contributed by atoms with Gasteiger partial charge in [0.05, 0.1) is 43.1 Å².